The van der Waals surface area contributed by atoms with Gasteiger partial charge in [0.1, 0.15) is 5.82 Å². The topological polar surface area (TPSA) is 77.0 Å². The van der Waals surface area contributed by atoms with E-state index in [2.05, 4.69) is 10.2 Å². The van der Waals surface area contributed by atoms with Crippen LogP contribution >= 0.6 is 11.8 Å². The Morgan fingerprint density at radius 1 is 1.42 bits per heavy atom. The first-order chi connectivity index (χ1) is 9.17. The number of carbonyl (C=O) groups excluding carboxylic acids is 1. The summed E-state index contributed by atoms with van der Waals surface area (Å²) in [6.45, 7) is 6.88. The Labute approximate surface area is 117 Å². The maximum atomic E-state index is 12.2. The minimum Gasteiger partial charge on any atom is -0.342 e. The molecule has 19 heavy (non-hydrogen) atoms. The van der Waals surface area contributed by atoms with Crippen LogP contribution in [0.15, 0.2) is 5.16 Å². The van der Waals surface area contributed by atoms with Crippen molar-refractivity contribution in [1.29, 1.82) is 0 Å². The van der Waals surface area contributed by atoms with Crippen LogP contribution in [0.4, 0.5) is 0 Å². The van der Waals surface area contributed by atoms with Crippen LogP contribution in [0, 0.1) is 0 Å². The predicted octanol–water partition coefficient (Wildman–Crippen LogP) is 0.860. The molecular formula is C12H21N5OS. The second-order valence-corrected chi connectivity index (χ2v) is 5.95. The van der Waals surface area contributed by atoms with E-state index in [1.807, 2.05) is 23.3 Å². The molecular weight excluding hydrogens is 262 g/mol. The summed E-state index contributed by atoms with van der Waals surface area (Å²) in [5.74, 6) is 0.966. The summed E-state index contributed by atoms with van der Waals surface area (Å²) in [5, 5.41) is 8.84. The van der Waals surface area contributed by atoms with Gasteiger partial charge in [0.2, 0.25) is 5.91 Å². The highest BCUT2D eigenvalue weighted by atomic mass is 32.2. The quantitative estimate of drug-likeness (QED) is 0.811. The third-order valence-corrected chi connectivity index (χ3v) is 4.41. The van der Waals surface area contributed by atoms with Crippen molar-refractivity contribution in [2.75, 3.05) is 13.1 Å². The number of likely N-dealkylation sites (tertiary alicyclic amines) is 1. The van der Waals surface area contributed by atoms with Crippen LogP contribution in [0.5, 0.6) is 0 Å². The third kappa shape index (κ3) is 3.09. The predicted molar refractivity (Wildman–Crippen MR) is 74.7 cm³/mol. The monoisotopic (exact) mass is 283 g/mol. The van der Waals surface area contributed by atoms with Gasteiger partial charge in [0.15, 0.2) is 5.16 Å². The van der Waals surface area contributed by atoms with Crippen LogP contribution in [-0.2, 0) is 17.9 Å². The molecule has 1 aromatic rings. The largest absolute Gasteiger partial charge is 0.342 e. The molecule has 1 fully saturated rings. The van der Waals surface area contributed by atoms with E-state index >= 15 is 0 Å². The molecule has 1 unspecified atom stereocenters. The second-order valence-electron chi connectivity index (χ2n) is 4.64. The van der Waals surface area contributed by atoms with Gasteiger partial charge in [-0.25, -0.2) is 0 Å². The standard InChI is InChI=1S/C12H21N5OS/c1-3-17-10(8-13)14-15-12(17)19-9(2)11(18)16-6-4-5-7-16/h9H,3-8,13H2,1-2H3. The van der Waals surface area contributed by atoms with Crippen LogP contribution in [0.3, 0.4) is 0 Å². The number of hydrogen-bond donors (Lipinski definition) is 1. The zero-order chi connectivity index (χ0) is 13.8. The average molecular weight is 283 g/mol. The van der Waals surface area contributed by atoms with Crippen molar-refractivity contribution in [3.8, 4) is 0 Å². The lowest BCUT2D eigenvalue weighted by atomic mass is 10.4. The Balaban J connectivity index is 2.03. The zero-order valence-corrected chi connectivity index (χ0v) is 12.3. The Hall–Kier alpha value is -1.08. The van der Waals surface area contributed by atoms with Crippen molar-refractivity contribution in [1.82, 2.24) is 19.7 Å². The highest BCUT2D eigenvalue weighted by Crippen LogP contribution is 2.24. The van der Waals surface area contributed by atoms with Gasteiger partial charge in [-0.05, 0) is 26.7 Å². The second kappa shape index (κ2) is 6.38. The van der Waals surface area contributed by atoms with E-state index in [0.29, 0.717) is 6.54 Å². The lowest BCUT2D eigenvalue weighted by molar-refractivity contribution is -0.129. The van der Waals surface area contributed by atoms with Gasteiger partial charge >= 0.3 is 0 Å². The number of carbonyl (C=O) groups is 1. The summed E-state index contributed by atoms with van der Waals surface area (Å²) < 4.78 is 1.97. The van der Waals surface area contributed by atoms with Crippen molar-refractivity contribution >= 4 is 17.7 Å². The third-order valence-electron chi connectivity index (χ3n) is 3.34. The number of nitrogens with zero attached hydrogens (tertiary/aromatic N) is 4. The van der Waals surface area contributed by atoms with Gasteiger partial charge in [-0.15, -0.1) is 10.2 Å². The molecule has 1 aliphatic heterocycles. The molecule has 1 atom stereocenters. The van der Waals surface area contributed by atoms with E-state index in [1.54, 1.807) is 0 Å². The molecule has 0 aromatic carbocycles. The fraction of sp³-hybridized carbons (Fsp3) is 0.750. The summed E-state index contributed by atoms with van der Waals surface area (Å²) in [7, 11) is 0. The summed E-state index contributed by atoms with van der Waals surface area (Å²) in [5.41, 5.74) is 5.62. The van der Waals surface area contributed by atoms with Crippen LogP contribution in [0.2, 0.25) is 0 Å². The fourth-order valence-corrected chi connectivity index (χ4v) is 3.29. The lowest BCUT2D eigenvalue weighted by Gasteiger charge is -2.19. The van der Waals surface area contributed by atoms with Gasteiger partial charge in [0.05, 0.1) is 11.8 Å². The van der Waals surface area contributed by atoms with E-state index in [4.69, 9.17) is 5.73 Å². The van der Waals surface area contributed by atoms with Crippen LogP contribution < -0.4 is 5.73 Å². The maximum absolute atomic E-state index is 12.2. The van der Waals surface area contributed by atoms with E-state index in [-0.39, 0.29) is 11.2 Å². The molecule has 106 valence electrons. The molecule has 1 aromatic heterocycles. The van der Waals surface area contributed by atoms with Gasteiger partial charge in [0, 0.05) is 19.6 Å². The van der Waals surface area contributed by atoms with Crippen LogP contribution in [0.1, 0.15) is 32.5 Å². The first-order valence-electron chi connectivity index (χ1n) is 6.75. The maximum Gasteiger partial charge on any atom is 0.235 e. The first-order valence-corrected chi connectivity index (χ1v) is 7.63. The minimum atomic E-state index is -0.127. The summed E-state index contributed by atoms with van der Waals surface area (Å²) in [4.78, 5) is 14.2. The molecule has 1 saturated heterocycles. The van der Waals surface area contributed by atoms with Crippen molar-refractivity contribution in [3.63, 3.8) is 0 Å². The van der Waals surface area contributed by atoms with E-state index < -0.39 is 0 Å². The van der Waals surface area contributed by atoms with Crippen molar-refractivity contribution in [3.05, 3.63) is 5.82 Å². The van der Waals surface area contributed by atoms with Gasteiger partial charge in [0.25, 0.3) is 0 Å². The highest BCUT2D eigenvalue weighted by molar-refractivity contribution is 8.00. The van der Waals surface area contributed by atoms with E-state index in [0.717, 1.165) is 43.5 Å². The molecule has 2 N–H and O–H groups in total. The van der Waals surface area contributed by atoms with Gasteiger partial charge in [-0.3, -0.25) is 4.79 Å². The van der Waals surface area contributed by atoms with E-state index in [9.17, 15) is 4.79 Å². The Morgan fingerprint density at radius 3 is 2.68 bits per heavy atom. The van der Waals surface area contributed by atoms with E-state index in [1.165, 1.54) is 11.8 Å². The number of thioether (sulfide) groups is 1. The molecule has 0 aliphatic carbocycles. The molecule has 1 amide bonds. The lowest BCUT2D eigenvalue weighted by Crippen LogP contribution is -2.34. The summed E-state index contributed by atoms with van der Waals surface area (Å²) in [6, 6.07) is 0. The van der Waals surface area contributed by atoms with Gasteiger partial charge < -0.3 is 15.2 Å². The molecule has 7 heteroatoms. The molecule has 0 bridgehead atoms. The van der Waals surface area contributed by atoms with Crippen LogP contribution in [0.25, 0.3) is 0 Å². The normalized spacial score (nSPS) is 16.9. The van der Waals surface area contributed by atoms with Gasteiger partial charge in [-0.2, -0.15) is 0 Å². The van der Waals surface area contributed by atoms with Crippen LogP contribution in [-0.4, -0.2) is 43.9 Å². The molecule has 2 rings (SSSR count). The van der Waals surface area contributed by atoms with Gasteiger partial charge in [-0.1, -0.05) is 11.8 Å². The number of amides is 1. The average Bonchev–Trinajstić information content (AvgIpc) is 3.06. The molecule has 2 heterocycles. The molecule has 0 spiro atoms. The fourth-order valence-electron chi connectivity index (χ4n) is 2.28. The van der Waals surface area contributed by atoms with Crippen molar-refractivity contribution in [2.24, 2.45) is 5.73 Å². The summed E-state index contributed by atoms with van der Waals surface area (Å²) in [6.07, 6.45) is 2.23. The number of nitrogens with two attached hydrogens (primary N) is 1. The smallest absolute Gasteiger partial charge is 0.235 e. The number of hydrogen-bond acceptors (Lipinski definition) is 5. The SMILES string of the molecule is CCn1c(CN)nnc1SC(C)C(=O)N1CCCC1. The molecule has 6 nitrogen and oxygen atoms in total. The van der Waals surface area contributed by atoms with Crippen molar-refractivity contribution < 1.29 is 4.79 Å². The summed E-state index contributed by atoms with van der Waals surface area (Å²) >= 11 is 1.47. The Bertz CT molecular complexity index is 441. The molecule has 0 saturated carbocycles. The van der Waals surface area contributed by atoms with Crippen molar-refractivity contribution in [2.45, 2.75) is 50.2 Å². The molecule has 0 radical (unpaired) electrons. The number of aromatic nitrogens is 3. The molecule has 1 aliphatic rings. The first kappa shape index (κ1) is 14.3. The number of rotatable bonds is 5. The minimum absolute atomic E-state index is 0.127. The Morgan fingerprint density at radius 2 is 2.11 bits per heavy atom. The zero-order valence-electron chi connectivity index (χ0n) is 11.5. The Kier molecular flexibility index (Phi) is 4.81. The highest BCUT2D eigenvalue weighted by Gasteiger charge is 2.25.